The number of hydrogen-bond acceptors (Lipinski definition) is 4. The van der Waals surface area contributed by atoms with Crippen molar-refractivity contribution in [2.75, 3.05) is 25.0 Å². The number of amides is 1. The van der Waals surface area contributed by atoms with Crippen LogP contribution in [0.3, 0.4) is 0 Å². The third kappa shape index (κ3) is 3.45. The zero-order chi connectivity index (χ0) is 17.2. The van der Waals surface area contributed by atoms with E-state index in [2.05, 4.69) is 39.2 Å². The molecule has 1 aromatic carbocycles. The number of para-hydroxylation sites is 1. The molecule has 0 radical (unpaired) electrons. The maximum absolute atomic E-state index is 12.3. The van der Waals surface area contributed by atoms with Gasteiger partial charge in [0.05, 0.1) is 12.2 Å². The third-order valence-electron chi connectivity index (χ3n) is 4.72. The smallest absolute Gasteiger partial charge is 0.240 e. The van der Waals surface area contributed by atoms with Crippen LogP contribution in [0.15, 0.2) is 29.6 Å². The molecule has 4 rings (SSSR count). The molecule has 1 fully saturated rings. The molecule has 1 saturated heterocycles. The summed E-state index contributed by atoms with van der Waals surface area (Å²) in [6.07, 6.45) is 3.65. The van der Waals surface area contributed by atoms with Gasteiger partial charge in [-0.05, 0) is 38.9 Å². The van der Waals surface area contributed by atoms with Gasteiger partial charge in [-0.1, -0.05) is 24.6 Å². The van der Waals surface area contributed by atoms with Crippen molar-refractivity contribution in [3.63, 3.8) is 0 Å². The molecule has 0 bridgehead atoms. The summed E-state index contributed by atoms with van der Waals surface area (Å²) < 4.78 is 0. The van der Waals surface area contributed by atoms with Crippen molar-refractivity contribution in [1.29, 1.82) is 0 Å². The Bertz CT molecular complexity index is 892. The molecule has 5 nitrogen and oxygen atoms in total. The third-order valence-corrected chi connectivity index (χ3v) is 5.47. The predicted molar refractivity (Wildman–Crippen MR) is 103 cm³/mol. The molecule has 3 aromatic rings. The van der Waals surface area contributed by atoms with Gasteiger partial charge in [0.15, 0.2) is 5.13 Å². The van der Waals surface area contributed by atoms with Crippen LogP contribution in [-0.2, 0) is 4.79 Å². The zero-order valence-corrected chi connectivity index (χ0v) is 15.2. The number of thiazole rings is 1. The van der Waals surface area contributed by atoms with E-state index in [0.29, 0.717) is 11.7 Å². The average molecular weight is 354 g/mol. The van der Waals surface area contributed by atoms with E-state index in [1.54, 1.807) is 0 Å². The Labute approximate surface area is 151 Å². The first-order valence-electron chi connectivity index (χ1n) is 8.76. The average Bonchev–Trinajstić information content (AvgIpc) is 3.18. The Balaban J connectivity index is 1.50. The normalized spacial score (nSPS) is 15.6. The van der Waals surface area contributed by atoms with E-state index >= 15 is 0 Å². The second-order valence-corrected chi connectivity index (χ2v) is 7.45. The van der Waals surface area contributed by atoms with E-state index in [1.165, 1.54) is 30.6 Å². The monoisotopic (exact) mass is 354 g/mol. The van der Waals surface area contributed by atoms with Gasteiger partial charge >= 0.3 is 0 Å². The summed E-state index contributed by atoms with van der Waals surface area (Å²) in [4.78, 5) is 22.5. The maximum atomic E-state index is 12.3. The molecular formula is C19H22N4OS. The van der Waals surface area contributed by atoms with E-state index < -0.39 is 0 Å². The van der Waals surface area contributed by atoms with Crippen molar-refractivity contribution in [3.05, 3.63) is 35.3 Å². The number of hydrogen-bond donors (Lipinski definition) is 2. The maximum Gasteiger partial charge on any atom is 0.240 e. The topological polar surface area (TPSA) is 61.0 Å². The highest BCUT2D eigenvalue weighted by Gasteiger charge is 2.17. The zero-order valence-electron chi connectivity index (χ0n) is 14.3. The Morgan fingerprint density at radius 2 is 2.08 bits per heavy atom. The number of piperidine rings is 1. The fraction of sp³-hybridized carbons (Fsp3) is 0.368. The van der Waals surface area contributed by atoms with Crippen molar-refractivity contribution in [2.24, 2.45) is 0 Å². The van der Waals surface area contributed by atoms with Gasteiger partial charge in [0.2, 0.25) is 5.91 Å². The Kier molecular flexibility index (Phi) is 4.55. The number of likely N-dealkylation sites (tertiary alicyclic amines) is 1. The highest BCUT2D eigenvalue weighted by Crippen LogP contribution is 2.33. The minimum atomic E-state index is 0.0263. The van der Waals surface area contributed by atoms with Gasteiger partial charge in [-0.25, -0.2) is 4.98 Å². The molecule has 3 heterocycles. The number of nitrogens with one attached hydrogen (secondary N) is 2. The van der Waals surface area contributed by atoms with Gasteiger partial charge in [-0.15, -0.1) is 11.3 Å². The van der Waals surface area contributed by atoms with Crippen LogP contribution in [0.1, 0.15) is 25.0 Å². The molecule has 130 valence electrons. The first-order chi connectivity index (χ1) is 12.2. The first-order valence-corrected chi connectivity index (χ1v) is 9.64. The molecule has 6 heteroatoms. The number of anilines is 1. The summed E-state index contributed by atoms with van der Waals surface area (Å²) in [5.74, 6) is 0.0263. The van der Waals surface area contributed by atoms with Crippen molar-refractivity contribution in [3.8, 4) is 11.3 Å². The van der Waals surface area contributed by atoms with Crippen LogP contribution >= 0.6 is 11.3 Å². The fourth-order valence-corrected chi connectivity index (χ4v) is 4.25. The molecule has 2 aromatic heterocycles. The Morgan fingerprint density at radius 3 is 2.92 bits per heavy atom. The molecule has 25 heavy (non-hydrogen) atoms. The number of aryl methyl sites for hydroxylation is 1. The number of carbonyl (C=O) groups excluding carboxylic acids is 1. The van der Waals surface area contributed by atoms with E-state index in [9.17, 15) is 4.79 Å². The molecule has 0 aliphatic carbocycles. The Hall–Kier alpha value is -2.18. The number of rotatable bonds is 4. The van der Waals surface area contributed by atoms with Crippen LogP contribution in [0, 0.1) is 6.92 Å². The molecule has 0 saturated carbocycles. The van der Waals surface area contributed by atoms with Crippen LogP contribution in [0.4, 0.5) is 5.13 Å². The number of carbonyl (C=O) groups is 1. The lowest BCUT2D eigenvalue weighted by atomic mass is 10.1. The van der Waals surface area contributed by atoms with Gasteiger partial charge in [-0.3, -0.25) is 9.69 Å². The number of nitrogens with zero attached hydrogens (tertiary/aromatic N) is 2. The van der Waals surface area contributed by atoms with Crippen molar-refractivity contribution >= 4 is 33.3 Å². The Morgan fingerprint density at radius 1 is 1.28 bits per heavy atom. The van der Waals surface area contributed by atoms with Gasteiger partial charge in [0.25, 0.3) is 0 Å². The minimum absolute atomic E-state index is 0.0263. The summed E-state index contributed by atoms with van der Waals surface area (Å²) in [6, 6.07) is 8.23. The van der Waals surface area contributed by atoms with Crippen LogP contribution < -0.4 is 5.32 Å². The van der Waals surface area contributed by atoms with Crippen LogP contribution in [0.25, 0.3) is 22.2 Å². The van der Waals surface area contributed by atoms with Crippen LogP contribution in [0.5, 0.6) is 0 Å². The van der Waals surface area contributed by atoms with Gasteiger partial charge in [0.1, 0.15) is 0 Å². The van der Waals surface area contributed by atoms with E-state index in [1.807, 2.05) is 17.5 Å². The van der Waals surface area contributed by atoms with Gasteiger partial charge in [-0.2, -0.15) is 0 Å². The lowest BCUT2D eigenvalue weighted by molar-refractivity contribution is -0.117. The van der Waals surface area contributed by atoms with Crippen molar-refractivity contribution < 1.29 is 4.79 Å². The quantitative estimate of drug-likeness (QED) is 0.744. The summed E-state index contributed by atoms with van der Waals surface area (Å²) in [7, 11) is 0. The molecule has 1 aliphatic rings. The van der Waals surface area contributed by atoms with E-state index in [-0.39, 0.29) is 5.91 Å². The summed E-state index contributed by atoms with van der Waals surface area (Å²) in [5, 5.41) is 6.80. The van der Waals surface area contributed by atoms with E-state index in [0.717, 1.165) is 40.9 Å². The molecule has 2 N–H and O–H groups in total. The van der Waals surface area contributed by atoms with Crippen LogP contribution in [0.2, 0.25) is 0 Å². The molecule has 0 atom stereocenters. The first kappa shape index (κ1) is 16.3. The largest absolute Gasteiger partial charge is 0.358 e. The predicted octanol–water partition coefficient (Wildman–Crippen LogP) is 4.02. The molecule has 1 amide bonds. The van der Waals surface area contributed by atoms with Gasteiger partial charge in [0, 0.05) is 27.5 Å². The lowest BCUT2D eigenvalue weighted by Gasteiger charge is -2.25. The lowest BCUT2D eigenvalue weighted by Crippen LogP contribution is -2.36. The highest BCUT2D eigenvalue weighted by molar-refractivity contribution is 7.14. The summed E-state index contributed by atoms with van der Waals surface area (Å²) in [5.41, 5.74) is 4.23. The fourth-order valence-electron chi connectivity index (χ4n) is 3.53. The highest BCUT2D eigenvalue weighted by atomic mass is 32.1. The minimum Gasteiger partial charge on any atom is -0.358 e. The summed E-state index contributed by atoms with van der Waals surface area (Å²) in [6.45, 7) is 4.56. The number of aromatic nitrogens is 2. The number of fused-ring (bicyclic) bond motifs is 1. The van der Waals surface area contributed by atoms with Crippen molar-refractivity contribution in [1.82, 2.24) is 14.9 Å². The second kappa shape index (κ2) is 6.98. The summed E-state index contributed by atoms with van der Waals surface area (Å²) >= 11 is 1.48. The second-order valence-electron chi connectivity index (χ2n) is 6.59. The standard InChI is InChI=1S/C19H22N4OS/c1-13-18(14-7-3-4-8-15(14)20-13)16-12-25-19(21-16)22-17(24)11-23-9-5-2-6-10-23/h3-4,7-8,12,20H,2,5-6,9-11H2,1H3,(H,21,22,24). The molecule has 1 aliphatic heterocycles. The van der Waals surface area contributed by atoms with Gasteiger partial charge < -0.3 is 10.3 Å². The number of H-pyrrole nitrogens is 1. The molecular weight excluding hydrogens is 332 g/mol. The van der Waals surface area contributed by atoms with Crippen molar-refractivity contribution in [2.45, 2.75) is 26.2 Å². The number of benzene rings is 1. The SMILES string of the molecule is Cc1[nH]c2ccccc2c1-c1csc(NC(=O)CN2CCCCC2)n1. The van der Waals surface area contributed by atoms with Crippen LogP contribution in [-0.4, -0.2) is 40.4 Å². The number of aromatic amines is 1. The molecule has 0 unspecified atom stereocenters. The molecule has 0 spiro atoms. The van der Waals surface area contributed by atoms with E-state index in [4.69, 9.17) is 0 Å².